The van der Waals surface area contributed by atoms with Crippen molar-refractivity contribution in [1.82, 2.24) is 10.3 Å². The third-order valence-corrected chi connectivity index (χ3v) is 7.67. The molecule has 0 fully saturated rings. The van der Waals surface area contributed by atoms with Crippen molar-refractivity contribution in [2.45, 2.75) is 63.7 Å². The number of carboxylic acids is 2. The Morgan fingerprint density at radius 1 is 0.974 bits per heavy atom. The highest BCUT2D eigenvalue weighted by Gasteiger charge is 2.63. The lowest BCUT2D eigenvalue weighted by Gasteiger charge is -2.37. The predicted molar refractivity (Wildman–Crippen MR) is 146 cm³/mol. The molecule has 0 amide bonds. The molecule has 0 saturated heterocycles. The summed E-state index contributed by atoms with van der Waals surface area (Å²) >= 11 is 1.65. The number of nitrogens with two attached hydrogens (primary N) is 1. The molecule has 0 bridgehead atoms. The molecular formula is C28H35N3O6S. The van der Waals surface area contributed by atoms with Crippen LogP contribution in [0.3, 0.4) is 0 Å². The molecule has 1 aliphatic carbocycles. The fourth-order valence-corrected chi connectivity index (χ4v) is 5.44. The van der Waals surface area contributed by atoms with Gasteiger partial charge in [0.25, 0.3) is 0 Å². The van der Waals surface area contributed by atoms with Crippen LogP contribution < -0.4 is 11.1 Å². The number of carbonyl (C=O) groups is 2. The number of fused-ring (bicyclic) bond motifs is 1. The lowest BCUT2D eigenvalue weighted by atomic mass is 9.73. The van der Waals surface area contributed by atoms with Crippen molar-refractivity contribution in [3.8, 4) is 0 Å². The van der Waals surface area contributed by atoms with Crippen LogP contribution in [0.5, 0.6) is 0 Å². The second kappa shape index (κ2) is 12.0. The van der Waals surface area contributed by atoms with E-state index in [9.17, 15) is 30.0 Å². The van der Waals surface area contributed by atoms with E-state index < -0.39 is 23.1 Å². The summed E-state index contributed by atoms with van der Waals surface area (Å²) in [5, 5.41) is 45.1. The van der Waals surface area contributed by atoms with Gasteiger partial charge in [0.2, 0.25) is 11.2 Å². The van der Waals surface area contributed by atoms with Gasteiger partial charge in [0.05, 0.1) is 5.69 Å². The molecule has 0 saturated carbocycles. The second-order valence-corrected chi connectivity index (χ2v) is 10.7. The van der Waals surface area contributed by atoms with Crippen LogP contribution >= 0.6 is 11.3 Å². The Labute approximate surface area is 226 Å². The van der Waals surface area contributed by atoms with Crippen LogP contribution in [-0.4, -0.2) is 49.9 Å². The Bertz CT molecular complexity index is 1190. The number of nitrogens with one attached hydrogen (secondary N) is 1. The Morgan fingerprint density at radius 2 is 1.45 bits per heavy atom. The van der Waals surface area contributed by atoms with Gasteiger partial charge in [0.15, 0.2) is 5.13 Å². The molecule has 0 unspecified atom stereocenters. The number of anilines is 1. The van der Waals surface area contributed by atoms with E-state index in [0.29, 0.717) is 6.04 Å². The first kappa shape index (κ1) is 29.2. The van der Waals surface area contributed by atoms with Gasteiger partial charge in [-0.25, -0.2) is 14.6 Å². The fraction of sp³-hybridized carbons (Fsp3) is 0.393. The Morgan fingerprint density at radius 3 is 1.87 bits per heavy atom. The molecule has 0 spiro atoms. The highest BCUT2D eigenvalue weighted by Crippen LogP contribution is 2.41. The first-order chi connectivity index (χ1) is 17.9. The largest absolute Gasteiger partial charge is 0.479 e. The van der Waals surface area contributed by atoms with Gasteiger partial charge >= 0.3 is 11.9 Å². The van der Waals surface area contributed by atoms with Crippen LogP contribution in [0.1, 0.15) is 52.6 Å². The third-order valence-electron chi connectivity index (χ3n) is 6.72. The molecule has 4 rings (SSSR count). The van der Waals surface area contributed by atoms with Gasteiger partial charge < -0.3 is 31.5 Å². The zero-order valence-corrected chi connectivity index (χ0v) is 22.6. The molecule has 1 heterocycles. The van der Waals surface area contributed by atoms with E-state index in [1.165, 1.54) is 71.9 Å². The molecule has 1 aromatic heterocycles. The standard InChI is InChI=1S/C18H18O6.C10H17N3S/c1-11-3-7-13(8-4-11)17(23,15(19)20)18(24,16(21)22)14-9-5-12(2)6-10-14;1-2-5-12-7-3-4-8-9(6-7)14-10(11)13-8/h3-10,23-24H,1-2H3,(H,19,20)(H,21,22);7,12H,2-6H2,1H3,(H2,11,13)/t17-,18-;7-/m10/s1. The number of carboxylic acid groups (broad SMARTS) is 2. The summed E-state index contributed by atoms with van der Waals surface area (Å²) in [7, 11) is 0. The van der Waals surface area contributed by atoms with Crippen molar-refractivity contribution < 1.29 is 30.0 Å². The van der Waals surface area contributed by atoms with Gasteiger partial charge in [0, 0.05) is 10.9 Å². The minimum atomic E-state index is -3.07. The SMILES string of the molecule is CCCN[C@H]1CCc2nc(N)sc2C1.Cc1ccc([C@@](O)(C(=O)O)[C@](O)(C(=O)O)c2ccc(C)cc2)cc1. The Balaban J connectivity index is 0.000000241. The number of aromatic nitrogens is 1. The molecule has 10 heteroatoms. The first-order valence-electron chi connectivity index (χ1n) is 12.5. The molecule has 0 aliphatic heterocycles. The van der Waals surface area contributed by atoms with Crippen molar-refractivity contribution in [3.05, 3.63) is 81.4 Å². The van der Waals surface area contributed by atoms with Gasteiger partial charge in [-0.05, 0) is 57.2 Å². The number of aliphatic carboxylic acids is 2. The average molecular weight is 542 g/mol. The van der Waals surface area contributed by atoms with Crippen LogP contribution in [0.25, 0.3) is 0 Å². The van der Waals surface area contributed by atoms with Crippen molar-refractivity contribution in [1.29, 1.82) is 0 Å². The first-order valence-corrected chi connectivity index (χ1v) is 13.3. The number of aryl methyl sites for hydroxylation is 3. The summed E-state index contributed by atoms with van der Waals surface area (Å²) < 4.78 is 0. The summed E-state index contributed by atoms with van der Waals surface area (Å²) in [5.74, 6) is -3.73. The lowest BCUT2D eigenvalue weighted by molar-refractivity contribution is -0.213. The molecule has 9 nitrogen and oxygen atoms in total. The van der Waals surface area contributed by atoms with Crippen LogP contribution in [-0.2, 0) is 33.6 Å². The maximum atomic E-state index is 11.8. The van der Waals surface area contributed by atoms with Gasteiger partial charge in [-0.1, -0.05) is 66.6 Å². The molecule has 38 heavy (non-hydrogen) atoms. The van der Waals surface area contributed by atoms with Crippen molar-refractivity contribution in [2.75, 3.05) is 12.3 Å². The average Bonchev–Trinajstić information content (AvgIpc) is 3.26. The lowest BCUT2D eigenvalue weighted by Crippen LogP contribution is -2.59. The molecular weight excluding hydrogens is 506 g/mol. The van der Waals surface area contributed by atoms with E-state index in [2.05, 4.69) is 17.2 Å². The van der Waals surface area contributed by atoms with Crippen LogP contribution in [0, 0.1) is 13.8 Å². The summed E-state index contributed by atoms with van der Waals surface area (Å²) in [6, 6.07) is 11.9. The van der Waals surface area contributed by atoms with Crippen LogP contribution in [0.15, 0.2) is 48.5 Å². The van der Waals surface area contributed by atoms with Crippen molar-refractivity contribution >= 4 is 28.4 Å². The maximum Gasteiger partial charge on any atom is 0.344 e. The molecule has 1 aliphatic rings. The smallest absolute Gasteiger partial charge is 0.344 e. The van der Waals surface area contributed by atoms with E-state index in [4.69, 9.17) is 5.73 Å². The summed E-state index contributed by atoms with van der Waals surface area (Å²) in [6.07, 6.45) is 4.61. The summed E-state index contributed by atoms with van der Waals surface area (Å²) in [5.41, 5.74) is 1.92. The number of nitrogens with zero attached hydrogens (tertiary/aromatic N) is 1. The van der Waals surface area contributed by atoms with E-state index >= 15 is 0 Å². The van der Waals surface area contributed by atoms with E-state index in [-0.39, 0.29) is 11.1 Å². The molecule has 204 valence electrons. The van der Waals surface area contributed by atoms with Gasteiger partial charge in [-0.3, -0.25) is 0 Å². The van der Waals surface area contributed by atoms with E-state index in [1.54, 1.807) is 25.2 Å². The number of nitrogen functional groups attached to an aromatic ring is 1. The number of benzene rings is 2. The number of thiazole rings is 1. The number of hydrogen-bond donors (Lipinski definition) is 6. The quantitative estimate of drug-likeness (QED) is 0.251. The molecule has 7 N–H and O–H groups in total. The Hall–Kier alpha value is -3.31. The monoisotopic (exact) mass is 541 g/mol. The zero-order chi connectivity index (χ0) is 28.1. The minimum Gasteiger partial charge on any atom is -0.479 e. The molecule has 0 radical (unpaired) electrons. The van der Waals surface area contributed by atoms with E-state index in [0.717, 1.165) is 35.6 Å². The minimum absolute atomic E-state index is 0.230. The third kappa shape index (κ3) is 5.88. The van der Waals surface area contributed by atoms with Gasteiger partial charge in [0.1, 0.15) is 0 Å². The molecule has 3 atom stereocenters. The van der Waals surface area contributed by atoms with Crippen molar-refractivity contribution in [3.63, 3.8) is 0 Å². The Kier molecular flexibility index (Phi) is 9.26. The highest BCUT2D eigenvalue weighted by atomic mass is 32.1. The van der Waals surface area contributed by atoms with Crippen LogP contribution in [0.2, 0.25) is 0 Å². The fourth-order valence-electron chi connectivity index (χ4n) is 4.48. The second-order valence-electron chi connectivity index (χ2n) is 9.58. The summed E-state index contributed by atoms with van der Waals surface area (Å²) in [6.45, 7) is 6.83. The van der Waals surface area contributed by atoms with Gasteiger partial charge in [-0.2, -0.15) is 0 Å². The topological polar surface area (TPSA) is 166 Å². The van der Waals surface area contributed by atoms with E-state index in [1.807, 2.05) is 0 Å². The normalized spacial score (nSPS) is 17.8. The van der Waals surface area contributed by atoms with Crippen LogP contribution in [0.4, 0.5) is 5.13 Å². The number of rotatable bonds is 8. The van der Waals surface area contributed by atoms with Gasteiger partial charge in [-0.15, -0.1) is 11.3 Å². The number of hydrogen-bond acceptors (Lipinski definition) is 8. The maximum absolute atomic E-state index is 11.8. The zero-order valence-electron chi connectivity index (χ0n) is 21.8. The van der Waals surface area contributed by atoms with Crippen molar-refractivity contribution in [2.24, 2.45) is 0 Å². The number of aliphatic hydroxyl groups is 2. The summed E-state index contributed by atoms with van der Waals surface area (Å²) in [4.78, 5) is 29.4. The highest BCUT2D eigenvalue weighted by molar-refractivity contribution is 7.15. The predicted octanol–water partition coefficient (Wildman–Crippen LogP) is 3.13. The molecule has 3 aromatic rings. The molecule has 2 aromatic carbocycles.